The predicted molar refractivity (Wildman–Crippen MR) is 73.9 cm³/mol. The maximum absolute atomic E-state index is 11.4. The highest BCUT2D eigenvalue weighted by atomic mass is 32.2. The quantitative estimate of drug-likeness (QED) is 0.630. The van der Waals surface area contributed by atoms with Gasteiger partial charge in [-0.15, -0.1) is 0 Å². The molecule has 0 aliphatic heterocycles. The molecule has 96 valence electrons. The number of hydrogen-bond acceptors (Lipinski definition) is 2. The number of nitrogens with one attached hydrogen (secondary N) is 1. The fourth-order valence-electron chi connectivity index (χ4n) is 1.38. The van der Waals surface area contributed by atoms with Gasteiger partial charge in [0.25, 0.3) is 0 Å². The Hall–Kier alpha value is -0.180. The van der Waals surface area contributed by atoms with Crippen molar-refractivity contribution in [1.82, 2.24) is 5.32 Å². The van der Waals surface area contributed by atoms with Crippen molar-refractivity contribution in [3.8, 4) is 0 Å². The zero-order chi connectivity index (χ0) is 12.4. The summed E-state index contributed by atoms with van der Waals surface area (Å²) in [5.74, 6) is 2.05. The molecule has 0 aromatic heterocycles. The lowest BCUT2D eigenvalue weighted by atomic mass is 10.1. The van der Waals surface area contributed by atoms with Gasteiger partial charge in [0, 0.05) is 13.0 Å². The van der Waals surface area contributed by atoms with E-state index in [1.807, 2.05) is 11.8 Å². The molecule has 0 aliphatic carbocycles. The van der Waals surface area contributed by atoms with E-state index in [4.69, 9.17) is 0 Å². The summed E-state index contributed by atoms with van der Waals surface area (Å²) in [5.41, 5.74) is 0. The van der Waals surface area contributed by atoms with Crippen LogP contribution in [0.4, 0.5) is 0 Å². The van der Waals surface area contributed by atoms with Gasteiger partial charge in [-0.3, -0.25) is 4.79 Å². The molecule has 0 saturated heterocycles. The highest BCUT2D eigenvalue weighted by Crippen LogP contribution is 2.11. The third-order valence-electron chi connectivity index (χ3n) is 2.28. The normalized spacial score (nSPS) is 11.1. The van der Waals surface area contributed by atoms with Crippen molar-refractivity contribution in [2.24, 2.45) is 5.92 Å². The summed E-state index contributed by atoms with van der Waals surface area (Å²) in [7, 11) is 0. The Kier molecular flexibility index (Phi) is 9.89. The molecule has 0 bridgehead atoms. The Morgan fingerprint density at radius 1 is 1.19 bits per heavy atom. The Balaban J connectivity index is 3.25. The van der Waals surface area contributed by atoms with Gasteiger partial charge in [0.2, 0.25) is 5.91 Å². The molecule has 0 atom stereocenters. The maximum Gasteiger partial charge on any atom is 0.220 e. The molecular formula is C13H27NOS. The summed E-state index contributed by atoms with van der Waals surface area (Å²) in [6, 6.07) is 0. The van der Waals surface area contributed by atoms with Crippen LogP contribution in [0, 0.1) is 5.92 Å². The SMILES string of the molecule is CC(C)CCCNC(=O)CCCSC(C)C. The van der Waals surface area contributed by atoms with Gasteiger partial charge in [-0.1, -0.05) is 27.7 Å². The maximum atomic E-state index is 11.4. The van der Waals surface area contributed by atoms with E-state index < -0.39 is 0 Å². The molecule has 0 aromatic carbocycles. The van der Waals surface area contributed by atoms with Crippen LogP contribution < -0.4 is 5.32 Å². The first kappa shape index (κ1) is 15.8. The molecule has 0 unspecified atom stereocenters. The lowest BCUT2D eigenvalue weighted by molar-refractivity contribution is -0.121. The molecule has 0 aliphatic rings. The first-order valence-electron chi connectivity index (χ1n) is 6.40. The summed E-state index contributed by atoms with van der Waals surface area (Å²) in [6.07, 6.45) is 3.98. The number of thioether (sulfide) groups is 1. The third-order valence-corrected chi connectivity index (χ3v) is 3.47. The predicted octanol–water partition coefficient (Wildman–Crippen LogP) is 3.46. The van der Waals surface area contributed by atoms with Crippen LogP contribution in [-0.4, -0.2) is 23.5 Å². The van der Waals surface area contributed by atoms with E-state index >= 15 is 0 Å². The van der Waals surface area contributed by atoms with Crippen molar-refractivity contribution >= 4 is 17.7 Å². The van der Waals surface area contributed by atoms with E-state index in [9.17, 15) is 4.79 Å². The zero-order valence-corrected chi connectivity index (χ0v) is 12.0. The monoisotopic (exact) mass is 245 g/mol. The van der Waals surface area contributed by atoms with Crippen LogP contribution in [0.3, 0.4) is 0 Å². The first-order valence-corrected chi connectivity index (χ1v) is 7.45. The number of amides is 1. The molecule has 0 spiro atoms. The van der Waals surface area contributed by atoms with Crippen LogP contribution in [0.25, 0.3) is 0 Å². The van der Waals surface area contributed by atoms with Gasteiger partial charge in [0.15, 0.2) is 0 Å². The van der Waals surface area contributed by atoms with Gasteiger partial charge >= 0.3 is 0 Å². The Morgan fingerprint density at radius 3 is 2.44 bits per heavy atom. The van der Waals surface area contributed by atoms with Gasteiger partial charge in [0.05, 0.1) is 0 Å². The molecule has 1 N–H and O–H groups in total. The van der Waals surface area contributed by atoms with Crippen LogP contribution in [0.5, 0.6) is 0 Å². The molecule has 2 nitrogen and oxygen atoms in total. The summed E-state index contributed by atoms with van der Waals surface area (Å²) in [6.45, 7) is 9.65. The van der Waals surface area contributed by atoms with Crippen molar-refractivity contribution in [1.29, 1.82) is 0 Å². The lowest BCUT2D eigenvalue weighted by Crippen LogP contribution is -2.24. The first-order chi connectivity index (χ1) is 7.52. The van der Waals surface area contributed by atoms with Gasteiger partial charge in [-0.05, 0) is 36.2 Å². The smallest absolute Gasteiger partial charge is 0.220 e. The Labute approximate surface area is 105 Å². The van der Waals surface area contributed by atoms with Crippen LogP contribution in [-0.2, 0) is 4.79 Å². The minimum Gasteiger partial charge on any atom is -0.356 e. The highest BCUT2D eigenvalue weighted by molar-refractivity contribution is 7.99. The minimum atomic E-state index is 0.216. The van der Waals surface area contributed by atoms with Crippen LogP contribution in [0.1, 0.15) is 53.4 Å². The lowest BCUT2D eigenvalue weighted by Gasteiger charge is -2.07. The second-order valence-corrected chi connectivity index (χ2v) is 6.59. The molecule has 16 heavy (non-hydrogen) atoms. The number of carbonyl (C=O) groups is 1. The van der Waals surface area contributed by atoms with E-state index in [1.165, 1.54) is 6.42 Å². The fraction of sp³-hybridized carbons (Fsp3) is 0.923. The molecule has 3 heteroatoms. The second kappa shape index (κ2) is 10.0. The largest absolute Gasteiger partial charge is 0.356 e. The highest BCUT2D eigenvalue weighted by Gasteiger charge is 2.01. The van der Waals surface area contributed by atoms with E-state index in [0.717, 1.165) is 31.1 Å². The van der Waals surface area contributed by atoms with Crippen molar-refractivity contribution < 1.29 is 4.79 Å². The van der Waals surface area contributed by atoms with Gasteiger partial charge in [-0.2, -0.15) is 11.8 Å². The number of hydrogen-bond donors (Lipinski definition) is 1. The van der Waals surface area contributed by atoms with Crippen LogP contribution in [0.15, 0.2) is 0 Å². The molecule has 0 rings (SSSR count). The molecule has 0 saturated carbocycles. The summed E-state index contributed by atoms with van der Waals surface area (Å²) in [5, 5.41) is 3.65. The van der Waals surface area contributed by atoms with E-state index in [-0.39, 0.29) is 5.91 Å². The average Bonchev–Trinajstić information content (AvgIpc) is 2.19. The van der Waals surface area contributed by atoms with Gasteiger partial charge in [0.1, 0.15) is 0 Å². The van der Waals surface area contributed by atoms with Crippen molar-refractivity contribution in [2.75, 3.05) is 12.3 Å². The molecule has 0 fully saturated rings. The summed E-state index contributed by atoms with van der Waals surface area (Å²) in [4.78, 5) is 11.4. The molecule has 0 radical (unpaired) electrons. The number of carbonyl (C=O) groups excluding carboxylic acids is 1. The second-order valence-electron chi connectivity index (χ2n) is 4.91. The minimum absolute atomic E-state index is 0.216. The molecule has 1 amide bonds. The average molecular weight is 245 g/mol. The molecule has 0 heterocycles. The van der Waals surface area contributed by atoms with Gasteiger partial charge in [-0.25, -0.2) is 0 Å². The summed E-state index contributed by atoms with van der Waals surface area (Å²) < 4.78 is 0. The fourth-order valence-corrected chi connectivity index (χ4v) is 2.16. The standard InChI is InChI=1S/C13H27NOS/c1-11(2)7-5-9-14-13(15)8-6-10-16-12(3)4/h11-12H,5-10H2,1-4H3,(H,14,15). The van der Waals surface area contributed by atoms with Crippen LogP contribution in [0.2, 0.25) is 0 Å². The topological polar surface area (TPSA) is 29.1 Å². The number of rotatable bonds is 9. The van der Waals surface area contributed by atoms with Crippen LogP contribution >= 0.6 is 11.8 Å². The van der Waals surface area contributed by atoms with E-state index in [0.29, 0.717) is 11.7 Å². The third kappa shape index (κ3) is 11.9. The van der Waals surface area contributed by atoms with Gasteiger partial charge < -0.3 is 5.32 Å². The zero-order valence-electron chi connectivity index (χ0n) is 11.2. The Bertz CT molecular complexity index is 163. The van der Waals surface area contributed by atoms with Crippen molar-refractivity contribution in [2.45, 2.75) is 58.6 Å². The van der Waals surface area contributed by atoms with E-state index in [1.54, 1.807) is 0 Å². The molecular weight excluding hydrogens is 218 g/mol. The Morgan fingerprint density at radius 2 is 1.88 bits per heavy atom. The summed E-state index contributed by atoms with van der Waals surface area (Å²) >= 11 is 1.93. The van der Waals surface area contributed by atoms with Crippen molar-refractivity contribution in [3.05, 3.63) is 0 Å². The molecule has 0 aromatic rings. The van der Waals surface area contributed by atoms with E-state index in [2.05, 4.69) is 33.0 Å². The van der Waals surface area contributed by atoms with Crippen molar-refractivity contribution in [3.63, 3.8) is 0 Å².